The summed E-state index contributed by atoms with van der Waals surface area (Å²) in [7, 11) is 1.84. The van der Waals surface area contributed by atoms with E-state index in [2.05, 4.69) is 29.2 Å². The molecule has 0 radical (unpaired) electrons. The molecule has 2 aliphatic rings. The number of amides is 1. The van der Waals surface area contributed by atoms with Gasteiger partial charge in [-0.25, -0.2) is 4.98 Å². The Morgan fingerprint density at radius 2 is 2.26 bits per heavy atom. The fourth-order valence-electron chi connectivity index (χ4n) is 4.26. The lowest BCUT2D eigenvalue weighted by atomic mass is 9.57. The molecular weight excluding hydrogens is 292 g/mol. The van der Waals surface area contributed by atoms with E-state index in [1.807, 2.05) is 20.0 Å². The van der Waals surface area contributed by atoms with E-state index >= 15 is 0 Å². The van der Waals surface area contributed by atoms with Gasteiger partial charge in [-0.2, -0.15) is 5.10 Å². The van der Waals surface area contributed by atoms with E-state index in [0.29, 0.717) is 11.5 Å². The van der Waals surface area contributed by atoms with Crippen LogP contribution >= 0.6 is 0 Å². The monoisotopic (exact) mass is 314 g/mol. The minimum atomic E-state index is -0.0445. The minimum absolute atomic E-state index is 0.0209. The van der Waals surface area contributed by atoms with Gasteiger partial charge in [0.15, 0.2) is 5.65 Å². The molecule has 3 unspecified atom stereocenters. The van der Waals surface area contributed by atoms with Crippen molar-refractivity contribution in [2.45, 2.75) is 39.3 Å². The van der Waals surface area contributed by atoms with Crippen LogP contribution in [0.2, 0.25) is 0 Å². The average molecular weight is 314 g/mol. The number of aromatic nitrogens is 3. The van der Waals surface area contributed by atoms with E-state index in [-0.39, 0.29) is 23.5 Å². The van der Waals surface area contributed by atoms with Crippen molar-refractivity contribution < 1.29 is 9.53 Å². The van der Waals surface area contributed by atoms with Crippen LogP contribution in [0.3, 0.4) is 0 Å². The average Bonchev–Trinajstić information content (AvgIpc) is 3.10. The highest BCUT2D eigenvalue weighted by Gasteiger charge is 2.59. The van der Waals surface area contributed by atoms with Gasteiger partial charge in [0.1, 0.15) is 0 Å². The second kappa shape index (κ2) is 4.77. The van der Waals surface area contributed by atoms with Crippen LogP contribution in [-0.2, 0) is 11.8 Å². The third-order valence-corrected chi connectivity index (χ3v) is 5.46. The molecule has 4 rings (SSSR count). The molecule has 1 aliphatic carbocycles. The lowest BCUT2D eigenvalue weighted by molar-refractivity contribution is -0.108. The van der Waals surface area contributed by atoms with Crippen molar-refractivity contribution in [3.8, 4) is 0 Å². The Bertz CT molecular complexity index is 795. The number of ether oxygens (including phenoxy) is 1. The largest absolute Gasteiger partial charge is 0.377 e. The number of rotatable bonds is 2. The zero-order valence-electron chi connectivity index (χ0n) is 14.0. The van der Waals surface area contributed by atoms with Gasteiger partial charge in [0.25, 0.3) is 5.91 Å². The van der Waals surface area contributed by atoms with Gasteiger partial charge in [-0.1, -0.05) is 13.8 Å². The normalized spacial score (nSPS) is 28.4. The molecule has 122 valence electrons. The van der Waals surface area contributed by atoms with Crippen molar-refractivity contribution in [3.05, 3.63) is 23.5 Å². The van der Waals surface area contributed by atoms with Crippen LogP contribution < -0.4 is 5.32 Å². The predicted molar refractivity (Wildman–Crippen MR) is 86.1 cm³/mol. The van der Waals surface area contributed by atoms with Crippen LogP contribution in [0.25, 0.3) is 11.0 Å². The van der Waals surface area contributed by atoms with Crippen LogP contribution in [0.1, 0.15) is 36.3 Å². The van der Waals surface area contributed by atoms with Crippen molar-refractivity contribution in [2.24, 2.45) is 18.4 Å². The fourth-order valence-corrected chi connectivity index (χ4v) is 4.26. The number of hydrogen-bond acceptors (Lipinski definition) is 4. The Balaban J connectivity index is 1.65. The number of nitrogens with one attached hydrogen (secondary N) is 1. The topological polar surface area (TPSA) is 69.0 Å². The second-order valence-corrected chi connectivity index (χ2v) is 7.33. The molecule has 6 heteroatoms. The zero-order chi connectivity index (χ0) is 16.4. The first kappa shape index (κ1) is 14.6. The van der Waals surface area contributed by atoms with Crippen molar-refractivity contribution in [1.29, 1.82) is 0 Å². The summed E-state index contributed by atoms with van der Waals surface area (Å²) >= 11 is 0. The van der Waals surface area contributed by atoms with Gasteiger partial charge in [-0.3, -0.25) is 9.48 Å². The third kappa shape index (κ3) is 2.01. The zero-order valence-corrected chi connectivity index (χ0v) is 14.0. The summed E-state index contributed by atoms with van der Waals surface area (Å²) in [5.41, 5.74) is 2.19. The second-order valence-electron chi connectivity index (χ2n) is 7.33. The van der Waals surface area contributed by atoms with Crippen LogP contribution in [0.15, 0.2) is 12.3 Å². The van der Waals surface area contributed by atoms with Crippen LogP contribution in [0.4, 0.5) is 0 Å². The molecule has 3 atom stereocenters. The lowest BCUT2D eigenvalue weighted by Crippen LogP contribution is -2.66. The highest BCUT2D eigenvalue weighted by Crippen LogP contribution is 2.52. The number of nitrogens with zero attached hydrogens (tertiary/aromatic N) is 3. The maximum absolute atomic E-state index is 12.9. The van der Waals surface area contributed by atoms with Gasteiger partial charge >= 0.3 is 0 Å². The Kier molecular flexibility index (Phi) is 3.04. The fraction of sp³-hybridized carbons (Fsp3) is 0.588. The summed E-state index contributed by atoms with van der Waals surface area (Å²) in [5, 5.41) is 8.27. The van der Waals surface area contributed by atoms with E-state index in [1.54, 1.807) is 10.9 Å². The molecule has 0 aromatic carbocycles. The molecule has 2 fully saturated rings. The van der Waals surface area contributed by atoms with E-state index in [9.17, 15) is 4.79 Å². The molecule has 1 saturated carbocycles. The number of hydrogen-bond donors (Lipinski definition) is 1. The standard InChI is InChI=1S/C17H22N4O2/c1-9-7-11(12-8-18-21(4)15(12)19-9)16(22)20-13-10-5-6-23-14(10)17(13,2)3/h7-8,10,13-14H,5-6H2,1-4H3,(H,20,22). The summed E-state index contributed by atoms with van der Waals surface area (Å²) in [6.07, 6.45) is 3.01. The van der Waals surface area contributed by atoms with Gasteiger partial charge in [0, 0.05) is 36.7 Å². The van der Waals surface area contributed by atoms with Crippen molar-refractivity contribution in [1.82, 2.24) is 20.1 Å². The highest BCUT2D eigenvalue weighted by molar-refractivity contribution is 6.05. The number of fused-ring (bicyclic) bond motifs is 2. The Morgan fingerprint density at radius 3 is 3.04 bits per heavy atom. The van der Waals surface area contributed by atoms with Crippen LogP contribution in [-0.4, -0.2) is 39.4 Å². The first-order valence-electron chi connectivity index (χ1n) is 8.11. The van der Waals surface area contributed by atoms with Gasteiger partial charge in [-0.05, 0) is 19.4 Å². The third-order valence-electron chi connectivity index (χ3n) is 5.46. The maximum atomic E-state index is 12.9. The maximum Gasteiger partial charge on any atom is 0.252 e. The molecule has 6 nitrogen and oxygen atoms in total. The van der Waals surface area contributed by atoms with E-state index in [1.165, 1.54) is 0 Å². The highest BCUT2D eigenvalue weighted by atomic mass is 16.5. The molecule has 2 aromatic heterocycles. The van der Waals surface area contributed by atoms with Crippen molar-refractivity contribution >= 4 is 16.9 Å². The van der Waals surface area contributed by atoms with E-state index < -0.39 is 0 Å². The first-order chi connectivity index (χ1) is 10.9. The van der Waals surface area contributed by atoms with Gasteiger partial charge in [0.05, 0.1) is 23.3 Å². The molecular formula is C17H22N4O2. The molecule has 1 aliphatic heterocycles. The van der Waals surface area contributed by atoms with Crippen molar-refractivity contribution in [2.75, 3.05) is 6.61 Å². The predicted octanol–water partition coefficient (Wildman–Crippen LogP) is 1.82. The Hall–Kier alpha value is -1.95. The molecule has 3 heterocycles. The molecule has 0 spiro atoms. The van der Waals surface area contributed by atoms with Crippen LogP contribution in [0.5, 0.6) is 0 Å². The quantitative estimate of drug-likeness (QED) is 0.918. The lowest BCUT2D eigenvalue weighted by Gasteiger charge is -2.54. The minimum Gasteiger partial charge on any atom is -0.377 e. The number of aryl methyl sites for hydroxylation is 2. The van der Waals surface area contributed by atoms with Crippen molar-refractivity contribution in [3.63, 3.8) is 0 Å². The van der Waals surface area contributed by atoms with E-state index in [4.69, 9.17) is 4.74 Å². The smallest absolute Gasteiger partial charge is 0.252 e. The van der Waals surface area contributed by atoms with E-state index in [0.717, 1.165) is 29.8 Å². The van der Waals surface area contributed by atoms with Gasteiger partial charge in [0.2, 0.25) is 0 Å². The molecule has 2 aromatic rings. The molecule has 1 amide bonds. The van der Waals surface area contributed by atoms with Crippen LogP contribution in [0, 0.1) is 18.3 Å². The SMILES string of the molecule is Cc1cc(C(=O)NC2C3CCOC3C2(C)C)c2cnn(C)c2n1. The molecule has 23 heavy (non-hydrogen) atoms. The molecule has 1 N–H and O–H groups in total. The Labute approximate surface area is 135 Å². The Morgan fingerprint density at radius 1 is 1.48 bits per heavy atom. The first-order valence-corrected chi connectivity index (χ1v) is 8.11. The summed E-state index contributed by atoms with van der Waals surface area (Å²) < 4.78 is 7.50. The summed E-state index contributed by atoms with van der Waals surface area (Å²) in [5.74, 6) is 0.387. The molecule has 0 bridgehead atoms. The van der Waals surface area contributed by atoms with Gasteiger partial charge < -0.3 is 10.1 Å². The summed E-state index contributed by atoms with van der Waals surface area (Å²) in [6.45, 7) is 7.04. The summed E-state index contributed by atoms with van der Waals surface area (Å²) in [4.78, 5) is 17.4. The number of pyridine rings is 1. The number of carbonyl (C=O) groups excluding carboxylic acids is 1. The number of carbonyl (C=O) groups is 1. The summed E-state index contributed by atoms with van der Waals surface area (Å²) in [6, 6.07) is 2.00. The van der Waals surface area contributed by atoms with Gasteiger partial charge in [-0.15, -0.1) is 0 Å². The molecule has 1 saturated heterocycles.